The van der Waals surface area contributed by atoms with Crippen molar-refractivity contribution in [2.24, 2.45) is 0 Å². The van der Waals surface area contributed by atoms with E-state index in [0.717, 1.165) is 12.8 Å². The quantitative estimate of drug-likeness (QED) is 0.473. The summed E-state index contributed by atoms with van der Waals surface area (Å²) in [4.78, 5) is 43.5. The molecule has 3 aromatic rings. The van der Waals surface area contributed by atoms with Crippen LogP contribution in [0.15, 0.2) is 52.5 Å². The molecule has 0 unspecified atom stereocenters. The molecule has 1 aliphatic carbocycles. The summed E-state index contributed by atoms with van der Waals surface area (Å²) < 4.78 is 10.3. The number of nitrogens with one attached hydrogen (secondary N) is 2. The summed E-state index contributed by atoms with van der Waals surface area (Å²) in [6.45, 7) is 0.243. The molecular weight excluding hydrogens is 444 g/mol. The minimum atomic E-state index is -0.327. The average Bonchev–Trinajstić information content (AvgIpc) is 3.34. The second kappa shape index (κ2) is 10.3. The van der Waals surface area contributed by atoms with Crippen molar-refractivity contribution in [1.29, 1.82) is 0 Å². The Morgan fingerprint density at radius 3 is 2.64 bits per heavy atom. The van der Waals surface area contributed by atoms with Gasteiger partial charge in [-0.2, -0.15) is 0 Å². The molecule has 1 saturated carbocycles. The first-order valence-electron chi connectivity index (χ1n) is 10.5. The molecule has 3 amide bonds. The van der Waals surface area contributed by atoms with Gasteiger partial charge in [-0.1, -0.05) is 0 Å². The fourth-order valence-electron chi connectivity index (χ4n) is 3.24. The van der Waals surface area contributed by atoms with Crippen molar-refractivity contribution in [2.75, 3.05) is 19.0 Å². The number of hydrogen-bond donors (Lipinski definition) is 2. The first kappa shape index (κ1) is 22.5. The molecule has 0 atom stereocenters. The largest absolute Gasteiger partial charge is 0.497 e. The van der Waals surface area contributed by atoms with E-state index in [0.29, 0.717) is 34.4 Å². The second-order valence-corrected chi connectivity index (χ2v) is 8.48. The topological polar surface area (TPSA) is 114 Å². The summed E-state index contributed by atoms with van der Waals surface area (Å²) in [6, 6.07) is 10.4. The van der Waals surface area contributed by atoms with E-state index in [1.54, 1.807) is 60.1 Å². The number of rotatable bonds is 10. The number of aromatic nitrogens is 1. The van der Waals surface area contributed by atoms with Crippen LogP contribution in [0.3, 0.4) is 0 Å². The molecule has 2 aromatic heterocycles. The van der Waals surface area contributed by atoms with Crippen LogP contribution >= 0.6 is 11.3 Å². The number of thiazole rings is 1. The molecule has 0 saturated heterocycles. The highest BCUT2D eigenvalue weighted by atomic mass is 32.1. The highest BCUT2D eigenvalue weighted by Gasteiger charge is 2.34. The third-order valence-electron chi connectivity index (χ3n) is 5.08. The molecule has 1 aromatic carbocycles. The molecule has 1 fully saturated rings. The molecule has 9 nitrogen and oxygen atoms in total. The molecular formula is C23H24N4O5S. The lowest BCUT2D eigenvalue weighted by molar-refractivity contribution is -0.120. The molecule has 33 heavy (non-hydrogen) atoms. The maximum absolute atomic E-state index is 12.9. The van der Waals surface area contributed by atoms with Gasteiger partial charge in [0, 0.05) is 17.0 Å². The van der Waals surface area contributed by atoms with Gasteiger partial charge in [0.15, 0.2) is 5.13 Å². The van der Waals surface area contributed by atoms with Gasteiger partial charge in [-0.15, -0.1) is 11.3 Å². The second-order valence-electron chi connectivity index (χ2n) is 7.62. The number of ether oxygens (including phenoxy) is 1. The Morgan fingerprint density at radius 2 is 1.97 bits per heavy atom. The van der Waals surface area contributed by atoms with Crippen LogP contribution in [0.25, 0.3) is 0 Å². The molecule has 10 heteroatoms. The molecule has 172 valence electrons. The molecule has 2 N–H and O–H groups in total. The molecule has 1 aliphatic rings. The van der Waals surface area contributed by atoms with Crippen molar-refractivity contribution in [3.63, 3.8) is 0 Å². The molecule has 2 heterocycles. The predicted molar refractivity (Wildman–Crippen MR) is 122 cm³/mol. The van der Waals surface area contributed by atoms with Crippen molar-refractivity contribution in [1.82, 2.24) is 15.2 Å². The molecule has 0 bridgehead atoms. The number of amides is 3. The minimum absolute atomic E-state index is 0.0614. The van der Waals surface area contributed by atoms with Crippen LogP contribution in [0, 0.1) is 0 Å². The van der Waals surface area contributed by atoms with Gasteiger partial charge >= 0.3 is 0 Å². The van der Waals surface area contributed by atoms with Crippen molar-refractivity contribution in [3.8, 4) is 5.75 Å². The maximum Gasteiger partial charge on any atom is 0.254 e. The lowest BCUT2D eigenvalue weighted by atomic mass is 10.2. The zero-order valence-corrected chi connectivity index (χ0v) is 18.9. The molecule has 0 radical (unpaired) electrons. The van der Waals surface area contributed by atoms with E-state index in [1.165, 1.54) is 11.3 Å². The monoisotopic (exact) mass is 468 g/mol. The Balaban J connectivity index is 1.29. The van der Waals surface area contributed by atoms with E-state index >= 15 is 0 Å². The standard InChI is InChI=1S/C23H24N4O5S/c1-31-18-8-4-15(5-9-18)22(30)27(17-6-7-17)13-21(29)26-23-25-16(14-33-23)11-20(28)24-12-19-3-2-10-32-19/h2-5,8-10,14,17H,6-7,11-13H2,1H3,(H,24,28)(H,25,26,29). The van der Waals surface area contributed by atoms with Crippen LogP contribution in [-0.2, 0) is 22.6 Å². The van der Waals surface area contributed by atoms with Gasteiger partial charge in [-0.05, 0) is 49.2 Å². The fraction of sp³-hybridized carbons (Fsp3) is 0.304. The van der Waals surface area contributed by atoms with Gasteiger partial charge in [0.1, 0.15) is 18.1 Å². The minimum Gasteiger partial charge on any atom is -0.497 e. The van der Waals surface area contributed by atoms with Crippen LogP contribution in [0.2, 0.25) is 0 Å². The third kappa shape index (κ3) is 6.19. The number of anilines is 1. The van der Waals surface area contributed by atoms with Gasteiger partial charge in [-0.3, -0.25) is 14.4 Å². The zero-order chi connectivity index (χ0) is 23.2. The number of methoxy groups -OCH3 is 1. The Hall–Kier alpha value is -3.66. The van der Waals surface area contributed by atoms with Crippen molar-refractivity contribution >= 4 is 34.2 Å². The van der Waals surface area contributed by atoms with Crippen LogP contribution in [0.4, 0.5) is 5.13 Å². The molecule has 4 rings (SSSR count). The van der Waals surface area contributed by atoms with Crippen LogP contribution in [0.5, 0.6) is 5.75 Å². The highest BCUT2D eigenvalue weighted by molar-refractivity contribution is 7.13. The van der Waals surface area contributed by atoms with Crippen molar-refractivity contribution in [3.05, 3.63) is 65.1 Å². The van der Waals surface area contributed by atoms with Crippen molar-refractivity contribution < 1.29 is 23.5 Å². The lowest BCUT2D eigenvalue weighted by Crippen LogP contribution is -2.39. The number of nitrogens with zero attached hydrogens (tertiary/aromatic N) is 2. The van der Waals surface area contributed by atoms with E-state index in [9.17, 15) is 14.4 Å². The van der Waals surface area contributed by atoms with Crippen molar-refractivity contribution in [2.45, 2.75) is 31.8 Å². The van der Waals surface area contributed by atoms with Gasteiger partial charge < -0.3 is 24.7 Å². The van der Waals surface area contributed by atoms with Crippen LogP contribution < -0.4 is 15.4 Å². The summed E-state index contributed by atoms with van der Waals surface area (Å²) in [5, 5.41) is 7.61. The number of benzene rings is 1. The highest BCUT2D eigenvalue weighted by Crippen LogP contribution is 2.28. The van der Waals surface area contributed by atoms with E-state index in [1.807, 2.05) is 0 Å². The molecule has 0 aliphatic heterocycles. The van der Waals surface area contributed by atoms with Crippen LogP contribution in [0.1, 0.15) is 34.7 Å². The van der Waals surface area contributed by atoms with E-state index < -0.39 is 0 Å². The van der Waals surface area contributed by atoms with Gasteiger partial charge in [0.2, 0.25) is 11.8 Å². The van der Waals surface area contributed by atoms with E-state index in [4.69, 9.17) is 9.15 Å². The summed E-state index contributed by atoms with van der Waals surface area (Å²) in [7, 11) is 1.56. The first-order chi connectivity index (χ1) is 16.0. The van der Waals surface area contributed by atoms with E-state index in [2.05, 4.69) is 15.6 Å². The van der Waals surface area contributed by atoms with Gasteiger partial charge in [0.05, 0.1) is 32.0 Å². The summed E-state index contributed by atoms with van der Waals surface area (Å²) in [5.74, 6) is 0.616. The number of carbonyl (C=O) groups excluding carboxylic acids is 3. The Morgan fingerprint density at radius 1 is 1.18 bits per heavy atom. The van der Waals surface area contributed by atoms with Gasteiger partial charge in [-0.25, -0.2) is 4.98 Å². The Kier molecular flexibility index (Phi) is 7.04. The maximum atomic E-state index is 12.9. The molecule has 0 spiro atoms. The lowest BCUT2D eigenvalue weighted by Gasteiger charge is -2.21. The smallest absolute Gasteiger partial charge is 0.254 e. The Bertz CT molecular complexity index is 1110. The predicted octanol–water partition coefficient (Wildman–Crippen LogP) is 2.85. The zero-order valence-electron chi connectivity index (χ0n) is 18.1. The normalized spacial score (nSPS) is 12.8. The third-order valence-corrected chi connectivity index (χ3v) is 5.89. The summed E-state index contributed by atoms with van der Waals surface area (Å²) in [6.07, 6.45) is 3.40. The number of furan rings is 1. The number of carbonyl (C=O) groups is 3. The summed E-state index contributed by atoms with van der Waals surface area (Å²) >= 11 is 1.24. The first-order valence-corrected chi connectivity index (χ1v) is 11.4. The van der Waals surface area contributed by atoms with Gasteiger partial charge in [0.25, 0.3) is 5.91 Å². The van der Waals surface area contributed by atoms with E-state index in [-0.39, 0.29) is 36.7 Å². The SMILES string of the molecule is COc1ccc(C(=O)N(CC(=O)Nc2nc(CC(=O)NCc3ccco3)cs2)C2CC2)cc1. The Labute approximate surface area is 194 Å². The van der Waals surface area contributed by atoms with Crippen LogP contribution in [-0.4, -0.2) is 47.3 Å². The average molecular weight is 469 g/mol. The number of hydrogen-bond acceptors (Lipinski definition) is 7. The fourth-order valence-corrected chi connectivity index (χ4v) is 3.96. The summed E-state index contributed by atoms with van der Waals surface area (Å²) in [5.41, 5.74) is 1.06.